The first kappa shape index (κ1) is 21.8. The Morgan fingerprint density at radius 2 is 1.53 bits per heavy atom. The van der Waals surface area contributed by atoms with Crippen LogP contribution in [-0.2, 0) is 6.18 Å². The quantitative estimate of drug-likeness (QED) is 0.648. The molecule has 11 heteroatoms. The highest BCUT2D eigenvalue weighted by atomic mass is 19.4. The Balaban J connectivity index is 1.61. The molecule has 0 atom stereocenters. The van der Waals surface area contributed by atoms with E-state index in [2.05, 4.69) is 9.98 Å². The zero-order chi connectivity index (χ0) is 23.1. The van der Waals surface area contributed by atoms with Crippen LogP contribution in [0.15, 0.2) is 46.4 Å². The number of hydrogen-bond acceptors (Lipinski definition) is 6. The summed E-state index contributed by atoms with van der Waals surface area (Å²) in [4.78, 5) is 10.4. The van der Waals surface area contributed by atoms with Crippen LogP contribution in [0, 0.1) is 11.6 Å². The number of guanidine groups is 2. The summed E-state index contributed by atoms with van der Waals surface area (Å²) in [6, 6.07) is 6.44. The number of halogens is 5. The first-order valence-electron chi connectivity index (χ1n) is 9.93. The second-order valence-electron chi connectivity index (χ2n) is 7.68. The highest BCUT2D eigenvalue weighted by molar-refractivity contribution is 6.05. The molecule has 1 aliphatic carbocycles. The molecule has 1 heterocycles. The number of hydrogen-bond donors (Lipinski definition) is 2. The van der Waals surface area contributed by atoms with Crippen LogP contribution in [0.5, 0.6) is 11.5 Å². The highest BCUT2D eigenvalue weighted by Crippen LogP contribution is 2.40. The summed E-state index contributed by atoms with van der Waals surface area (Å²) in [5, 5.41) is 0. The lowest BCUT2D eigenvalue weighted by atomic mass is 9.87. The molecule has 0 radical (unpaired) electrons. The molecule has 0 unspecified atom stereocenters. The molecule has 2 aromatic rings. The van der Waals surface area contributed by atoms with Gasteiger partial charge in [0.15, 0.2) is 17.4 Å². The SMILES string of the molecule is NC1=NC2(CCCCC2)N(c2ccc(Oc3c(F)cc(C(F)(F)F)cc3F)cc2)C(N)=N1. The van der Waals surface area contributed by atoms with Gasteiger partial charge in [-0.05, 0) is 62.1 Å². The Labute approximate surface area is 180 Å². The van der Waals surface area contributed by atoms with Gasteiger partial charge < -0.3 is 16.2 Å². The average molecular weight is 453 g/mol. The molecule has 1 saturated carbocycles. The molecule has 0 saturated heterocycles. The second kappa shape index (κ2) is 7.95. The number of alkyl halides is 3. The molecule has 0 amide bonds. The van der Waals surface area contributed by atoms with E-state index in [1.165, 1.54) is 12.1 Å². The van der Waals surface area contributed by atoms with E-state index in [1.807, 2.05) is 0 Å². The van der Waals surface area contributed by atoms with E-state index in [9.17, 15) is 22.0 Å². The fraction of sp³-hybridized carbons (Fsp3) is 0.333. The zero-order valence-corrected chi connectivity index (χ0v) is 16.8. The van der Waals surface area contributed by atoms with Crippen molar-refractivity contribution in [2.45, 2.75) is 43.9 Å². The molecular formula is C21H20F5N5O. The fourth-order valence-corrected chi connectivity index (χ4v) is 4.10. The molecule has 170 valence electrons. The van der Waals surface area contributed by atoms with Crippen molar-refractivity contribution in [3.63, 3.8) is 0 Å². The van der Waals surface area contributed by atoms with E-state index in [0.717, 1.165) is 32.1 Å². The maximum atomic E-state index is 14.1. The topological polar surface area (TPSA) is 89.2 Å². The Kier molecular flexibility index (Phi) is 5.43. The standard InChI is InChI=1S/C21H20F5N5O/c22-15-10-12(21(24,25)26)11-16(23)17(15)32-14-6-4-13(5-7-14)31-19(28)29-18(27)30-20(31)8-2-1-3-9-20/h4-7,10-11H,1-3,8-9H2,(H4,27,28,29,30). The zero-order valence-electron chi connectivity index (χ0n) is 16.8. The number of ether oxygens (including phenoxy) is 1. The Hall–Kier alpha value is -3.37. The Morgan fingerprint density at radius 3 is 2.09 bits per heavy atom. The molecule has 6 nitrogen and oxygen atoms in total. The van der Waals surface area contributed by atoms with Gasteiger partial charge in [0.05, 0.1) is 5.56 Å². The van der Waals surface area contributed by atoms with Crippen LogP contribution in [0.1, 0.15) is 37.7 Å². The van der Waals surface area contributed by atoms with Crippen LogP contribution in [-0.4, -0.2) is 17.6 Å². The maximum absolute atomic E-state index is 14.1. The minimum absolute atomic E-state index is 0.0273. The monoisotopic (exact) mass is 453 g/mol. The minimum Gasteiger partial charge on any atom is -0.451 e. The van der Waals surface area contributed by atoms with E-state index in [4.69, 9.17) is 16.2 Å². The molecule has 1 aliphatic heterocycles. The largest absolute Gasteiger partial charge is 0.451 e. The molecule has 0 aromatic heterocycles. The number of nitrogens with two attached hydrogens (primary N) is 2. The van der Waals surface area contributed by atoms with Crippen molar-refractivity contribution in [2.75, 3.05) is 4.90 Å². The van der Waals surface area contributed by atoms with Crippen molar-refractivity contribution >= 4 is 17.6 Å². The van der Waals surface area contributed by atoms with Crippen molar-refractivity contribution in [1.29, 1.82) is 0 Å². The number of nitrogens with zero attached hydrogens (tertiary/aromatic N) is 3. The van der Waals surface area contributed by atoms with Crippen molar-refractivity contribution in [2.24, 2.45) is 21.5 Å². The van der Waals surface area contributed by atoms with Crippen molar-refractivity contribution in [3.05, 3.63) is 53.6 Å². The lowest BCUT2D eigenvalue weighted by Crippen LogP contribution is -2.58. The van der Waals surface area contributed by atoms with Gasteiger partial charge in [-0.25, -0.2) is 13.8 Å². The van der Waals surface area contributed by atoms with Gasteiger partial charge in [-0.15, -0.1) is 0 Å². The van der Waals surface area contributed by atoms with Gasteiger partial charge in [0.25, 0.3) is 0 Å². The van der Waals surface area contributed by atoms with Crippen molar-refractivity contribution < 1.29 is 26.7 Å². The summed E-state index contributed by atoms with van der Waals surface area (Å²) in [5.74, 6) is -3.54. The molecule has 4 rings (SSSR count). The van der Waals surface area contributed by atoms with E-state index in [0.29, 0.717) is 5.69 Å². The molecule has 32 heavy (non-hydrogen) atoms. The third-order valence-electron chi connectivity index (χ3n) is 5.49. The van der Waals surface area contributed by atoms with E-state index >= 15 is 0 Å². The van der Waals surface area contributed by atoms with Crippen LogP contribution in [0.2, 0.25) is 0 Å². The predicted octanol–water partition coefficient (Wildman–Crippen LogP) is 4.89. The predicted molar refractivity (Wildman–Crippen MR) is 109 cm³/mol. The van der Waals surface area contributed by atoms with E-state index in [1.54, 1.807) is 17.0 Å². The maximum Gasteiger partial charge on any atom is 0.416 e. The first-order valence-corrected chi connectivity index (χ1v) is 9.93. The Morgan fingerprint density at radius 1 is 0.938 bits per heavy atom. The molecule has 0 bridgehead atoms. The van der Waals surface area contributed by atoms with Crippen LogP contribution in [0.3, 0.4) is 0 Å². The first-order chi connectivity index (χ1) is 15.1. The highest BCUT2D eigenvalue weighted by Gasteiger charge is 2.42. The van der Waals surface area contributed by atoms with Gasteiger partial charge in [-0.1, -0.05) is 6.42 Å². The third-order valence-corrected chi connectivity index (χ3v) is 5.49. The van der Waals surface area contributed by atoms with Gasteiger partial charge in [0.1, 0.15) is 11.4 Å². The molecule has 2 aliphatic rings. The smallest absolute Gasteiger partial charge is 0.416 e. The summed E-state index contributed by atoms with van der Waals surface area (Å²) in [6.07, 6.45) is -0.478. The molecule has 1 spiro atoms. The average Bonchev–Trinajstić information content (AvgIpc) is 2.71. The fourth-order valence-electron chi connectivity index (χ4n) is 4.10. The number of anilines is 1. The number of aliphatic imine (C=N–C) groups is 2. The summed E-state index contributed by atoms with van der Waals surface area (Å²) < 4.78 is 71.5. The van der Waals surface area contributed by atoms with Crippen LogP contribution < -0.4 is 21.1 Å². The number of benzene rings is 2. The van der Waals surface area contributed by atoms with Gasteiger partial charge in [-0.3, -0.25) is 4.90 Å². The number of rotatable bonds is 3. The van der Waals surface area contributed by atoms with Crippen LogP contribution in [0.4, 0.5) is 27.6 Å². The van der Waals surface area contributed by atoms with Crippen LogP contribution in [0.25, 0.3) is 0 Å². The van der Waals surface area contributed by atoms with Gasteiger partial charge >= 0.3 is 6.18 Å². The normalized spacial score (nSPS) is 18.3. The summed E-state index contributed by atoms with van der Waals surface area (Å²) in [6.45, 7) is 0. The van der Waals surface area contributed by atoms with Gasteiger partial charge in [0.2, 0.25) is 11.9 Å². The molecule has 1 fully saturated rings. The van der Waals surface area contributed by atoms with Crippen molar-refractivity contribution in [3.8, 4) is 11.5 Å². The van der Waals surface area contributed by atoms with Gasteiger partial charge in [-0.2, -0.15) is 18.2 Å². The summed E-state index contributed by atoms with van der Waals surface area (Å²) in [7, 11) is 0. The second-order valence-corrected chi connectivity index (χ2v) is 7.68. The lowest BCUT2D eigenvalue weighted by molar-refractivity contribution is -0.138. The molecule has 2 aromatic carbocycles. The minimum atomic E-state index is -4.88. The lowest BCUT2D eigenvalue weighted by Gasteiger charge is -2.45. The van der Waals surface area contributed by atoms with E-state index < -0.39 is 34.8 Å². The van der Waals surface area contributed by atoms with Crippen LogP contribution >= 0.6 is 0 Å². The Bertz CT molecular complexity index is 1050. The summed E-state index contributed by atoms with van der Waals surface area (Å²) in [5.41, 5.74) is 10.5. The molecular weight excluding hydrogens is 433 g/mol. The van der Waals surface area contributed by atoms with Crippen molar-refractivity contribution in [1.82, 2.24) is 0 Å². The third kappa shape index (κ3) is 4.06. The molecule has 4 N–H and O–H groups in total. The van der Waals surface area contributed by atoms with E-state index in [-0.39, 0.29) is 29.8 Å². The summed E-state index contributed by atoms with van der Waals surface area (Å²) >= 11 is 0. The van der Waals surface area contributed by atoms with Gasteiger partial charge in [0, 0.05) is 5.69 Å².